The summed E-state index contributed by atoms with van der Waals surface area (Å²) in [4.78, 5) is 0. The van der Waals surface area contributed by atoms with E-state index in [0.29, 0.717) is 5.84 Å². The van der Waals surface area contributed by atoms with Crippen LogP contribution >= 0.6 is 0 Å². The summed E-state index contributed by atoms with van der Waals surface area (Å²) in [7, 11) is 1.71. The number of hydrazine groups is 1. The quantitative estimate of drug-likeness (QED) is 0.238. The van der Waals surface area contributed by atoms with Crippen molar-refractivity contribution in [3.8, 4) is 0 Å². The summed E-state index contributed by atoms with van der Waals surface area (Å²) in [5.41, 5.74) is 10.2. The molecule has 0 atom stereocenters. The maximum atomic E-state index is 5.13. The van der Waals surface area contributed by atoms with E-state index in [1.807, 2.05) is 0 Å². The topological polar surface area (TPSA) is 62.4 Å². The van der Waals surface area contributed by atoms with Crippen LogP contribution in [0.2, 0.25) is 0 Å². The van der Waals surface area contributed by atoms with Crippen molar-refractivity contribution in [1.29, 1.82) is 0 Å². The summed E-state index contributed by atoms with van der Waals surface area (Å²) in [5, 5.41) is 3.58. The molecule has 4 nitrogen and oxygen atoms in total. The summed E-state index contributed by atoms with van der Waals surface area (Å²) in [6.07, 6.45) is 0. The van der Waals surface area contributed by atoms with Crippen molar-refractivity contribution in [2.24, 2.45) is 10.8 Å². The predicted octanol–water partition coefficient (Wildman–Crippen LogP) is -0.997. The van der Waals surface area contributed by atoms with Gasteiger partial charge in [0.1, 0.15) is 5.84 Å². The van der Waals surface area contributed by atoms with E-state index in [1.54, 1.807) is 14.0 Å². The van der Waals surface area contributed by atoms with Crippen molar-refractivity contribution in [2.45, 2.75) is 6.92 Å². The second-order valence-corrected chi connectivity index (χ2v) is 1.11. The Balaban J connectivity index is 3.08. The maximum Gasteiger partial charge on any atom is 0.118 e. The summed E-state index contributed by atoms with van der Waals surface area (Å²) < 4.78 is 0. The second-order valence-electron chi connectivity index (χ2n) is 1.11. The molecule has 0 aliphatic carbocycles. The van der Waals surface area contributed by atoms with Gasteiger partial charge in [0.05, 0.1) is 0 Å². The lowest BCUT2D eigenvalue weighted by Gasteiger charge is -1.92. The highest BCUT2D eigenvalue weighted by molar-refractivity contribution is 5.76. The fourth-order valence-electron chi connectivity index (χ4n) is 0.144. The minimum atomic E-state index is 0.509. The van der Waals surface area contributed by atoms with Crippen molar-refractivity contribution < 1.29 is 0 Å². The minimum Gasteiger partial charge on any atom is -0.386 e. The van der Waals surface area contributed by atoms with Crippen LogP contribution in [-0.2, 0) is 0 Å². The number of rotatable bonds is 2. The van der Waals surface area contributed by atoms with E-state index in [4.69, 9.17) is 5.73 Å². The lowest BCUT2D eigenvalue weighted by atomic mass is 10.7. The van der Waals surface area contributed by atoms with Crippen LogP contribution in [0.25, 0.3) is 0 Å². The van der Waals surface area contributed by atoms with Gasteiger partial charge in [-0.15, -0.1) is 0 Å². The highest BCUT2D eigenvalue weighted by Crippen LogP contribution is 1.53. The van der Waals surface area contributed by atoms with Gasteiger partial charge in [-0.2, -0.15) is 5.10 Å². The van der Waals surface area contributed by atoms with E-state index in [-0.39, 0.29) is 0 Å². The zero-order chi connectivity index (χ0) is 5.70. The minimum absolute atomic E-state index is 0.509. The van der Waals surface area contributed by atoms with Gasteiger partial charge >= 0.3 is 0 Å². The van der Waals surface area contributed by atoms with Crippen molar-refractivity contribution in [3.05, 3.63) is 0 Å². The molecule has 0 fully saturated rings. The van der Waals surface area contributed by atoms with Crippen molar-refractivity contribution in [1.82, 2.24) is 11.0 Å². The first kappa shape index (κ1) is 6.23. The van der Waals surface area contributed by atoms with Crippen LogP contribution < -0.4 is 16.7 Å². The average Bonchev–Trinajstić information content (AvgIpc) is 1.61. The van der Waals surface area contributed by atoms with Gasteiger partial charge in [-0.25, -0.2) is 11.0 Å². The van der Waals surface area contributed by atoms with Gasteiger partial charge in [-0.1, -0.05) is 0 Å². The smallest absolute Gasteiger partial charge is 0.118 e. The van der Waals surface area contributed by atoms with Gasteiger partial charge in [0.25, 0.3) is 0 Å². The zero-order valence-corrected chi connectivity index (χ0v) is 4.52. The summed E-state index contributed by atoms with van der Waals surface area (Å²) in [5.74, 6) is 0.509. The molecular formula is C3H10N4. The Morgan fingerprint density at radius 1 is 1.71 bits per heavy atom. The highest BCUT2D eigenvalue weighted by Gasteiger charge is 1.69. The van der Waals surface area contributed by atoms with E-state index in [2.05, 4.69) is 16.1 Å². The second kappa shape index (κ2) is 3.42. The van der Waals surface area contributed by atoms with E-state index in [9.17, 15) is 0 Å². The normalized spacial score (nSPS) is 11.4. The van der Waals surface area contributed by atoms with Gasteiger partial charge in [0.2, 0.25) is 0 Å². The van der Waals surface area contributed by atoms with E-state index in [0.717, 1.165) is 0 Å². The fraction of sp³-hybridized carbons (Fsp3) is 0.667. The van der Waals surface area contributed by atoms with Gasteiger partial charge < -0.3 is 5.73 Å². The average molecular weight is 102 g/mol. The number of nitrogens with two attached hydrogens (primary N) is 1. The number of hydrogen-bond donors (Lipinski definition) is 3. The molecule has 0 amide bonds. The molecule has 0 rings (SSSR count). The first-order chi connectivity index (χ1) is 3.27. The van der Waals surface area contributed by atoms with Crippen LogP contribution in [0.4, 0.5) is 0 Å². The SMILES string of the molecule is CNN/N=C(/C)N. The molecule has 0 unspecified atom stereocenters. The third-order valence-corrected chi connectivity index (χ3v) is 0.344. The largest absolute Gasteiger partial charge is 0.386 e. The molecule has 0 aliphatic rings. The van der Waals surface area contributed by atoms with Crippen LogP contribution in [0.5, 0.6) is 0 Å². The van der Waals surface area contributed by atoms with E-state index in [1.165, 1.54) is 0 Å². The highest BCUT2D eigenvalue weighted by atomic mass is 15.5. The molecule has 0 aromatic rings. The number of hydrogen-bond acceptors (Lipinski definition) is 3. The summed E-state index contributed by atoms with van der Waals surface area (Å²) in [6, 6.07) is 0. The molecule has 0 aliphatic heterocycles. The number of nitrogens with zero attached hydrogens (tertiary/aromatic N) is 1. The zero-order valence-electron chi connectivity index (χ0n) is 4.52. The Hall–Kier alpha value is -0.770. The Kier molecular flexibility index (Phi) is 3.04. The molecule has 0 aromatic heterocycles. The molecule has 4 N–H and O–H groups in total. The van der Waals surface area contributed by atoms with Gasteiger partial charge in [0.15, 0.2) is 0 Å². The first-order valence-electron chi connectivity index (χ1n) is 1.99. The number of hydrazone groups is 1. The Labute approximate surface area is 42.7 Å². The molecule has 0 bridgehead atoms. The predicted molar refractivity (Wildman–Crippen MR) is 29.5 cm³/mol. The lowest BCUT2D eigenvalue weighted by Crippen LogP contribution is -2.24. The van der Waals surface area contributed by atoms with Gasteiger partial charge in [-0.3, -0.25) is 0 Å². The molecule has 4 heteroatoms. The fourth-order valence-corrected chi connectivity index (χ4v) is 0.144. The van der Waals surface area contributed by atoms with Crippen LogP contribution in [0, 0.1) is 0 Å². The molecule has 0 heterocycles. The molecule has 0 radical (unpaired) electrons. The monoisotopic (exact) mass is 102 g/mol. The molecular weight excluding hydrogens is 92.1 g/mol. The van der Waals surface area contributed by atoms with Crippen molar-refractivity contribution in [2.75, 3.05) is 7.05 Å². The molecule has 0 saturated carbocycles. The number of nitrogens with one attached hydrogen (secondary N) is 2. The van der Waals surface area contributed by atoms with Crippen molar-refractivity contribution >= 4 is 5.84 Å². The van der Waals surface area contributed by atoms with E-state index >= 15 is 0 Å². The van der Waals surface area contributed by atoms with Crippen LogP contribution in [0.3, 0.4) is 0 Å². The Morgan fingerprint density at radius 2 is 2.29 bits per heavy atom. The molecule has 42 valence electrons. The standard InChI is InChI=1S/C3H10N4/c1-3(4)6-7-5-2/h5,7H,1-2H3,(H2,4,6). The van der Waals surface area contributed by atoms with Crippen LogP contribution in [0.1, 0.15) is 6.92 Å². The molecule has 7 heavy (non-hydrogen) atoms. The van der Waals surface area contributed by atoms with Gasteiger partial charge in [-0.05, 0) is 6.92 Å². The van der Waals surface area contributed by atoms with Crippen LogP contribution in [-0.4, -0.2) is 12.9 Å². The molecule has 0 aromatic carbocycles. The summed E-state index contributed by atoms with van der Waals surface area (Å²) in [6.45, 7) is 1.70. The third kappa shape index (κ3) is 5.23. The van der Waals surface area contributed by atoms with E-state index < -0.39 is 0 Å². The Bertz CT molecular complexity index is 63.3. The van der Waals surface area contributed by atoms with Crippen molar-refractivity contribution in [3.63, 3.8) is 0 Å². The van der Waals surface area contributed by atoms with Gasteiger partial charge in [0, 0.05) is 7.05 Å². The molecule has 0 saturated heterocycles. The summed E-state index contributed by atoms with van der Waals surface area (Å²) >= 11 is 0. The third-order valence-electron chi connectivity index (χ3n) is 0.344. The Morgan fingerprint density at radius 3 is 2.43 bits per heavy atom. The maximum absolute atomic E-state index is 5.13. The van der Waals surface area contributed by atoms with Crippen LogP contribution in [0.15, 0.2) is 5.10 Å². The lowest BCUT2D eigenvalue weighted by molar-refractivity contribution is 0.631. The number of amidine groups is 1. The first-order valence-corrected chi connectivity index (χ1v) is 1.99. The molecule has 0 spiro atoms.